The third-order valence-corrected chi connectivity index (χ3v) is 5.85. The van der Waals surface area contributed by atoms with E-state index in [1.165, 1.54) is 12.1 Å². The quantitative estimate of drug-likeness (QED) is 0.777. The number of nitrogens with two attached hydrogens (primary N) is 1. The van der Waals surface area contributed by atoms with Gasteiger partial charge in [-0.1, -0.05) is 17.7 Å². The summed E-state index contributed by atoms with van der Waals surface area (Å²) in [6, 6.07) is 9.32. The number of anilines is 1. The van der Waals surface area contributed by atoms with Gasteiger partial charge in [0.25, 0.3) is 0 Å². The lowest BCUT2D eigenvalue weighted by molar-refractivity contribution is -0.105. The van der Waals surface area contributed by atoms with Gasteiger partial charge in [-0.25, -0.2) is 22.0 Å². The van der Waals surface area contributed by atoms with Crippen LogP contribution in [0.4, 0.5) is 5.69 Å². The van der Waals surface area contributed by atoms with Gasteiger partial charge in [-0.3, -0.25) is 4.79 Å². The molecule has 0 atom stereocenters. The number of hydrogen-bond donors (Lipinski definition) is 2. The second kappa shape index (κ2) is 6.11. The van der Waals surface area contributed by atoms with Gasteiger partial charge >= 0.3 is 0 Å². The van der Waals surface area contributed by atoms with Crippen molar-refractivity contribution in [2.75, 3.05) is 5.32 Å². The highest BCUT2D eigenvalue weighted by Gasteiger charge is 2.23. The number of hydrogen-bond acceptors (Lipinski definition) is 5. The summed E-state index contributed by atoms with van der Waals surface area (Å²) in [5, 5.41) is 7.21. The maximum atomic E-state index is 12.7. The van der Waals surface area contributed by atoms with Crippen LogP contribution in [0.5, 0.6) is 0 Å². The molecule has 2 aromatic rings. The van der Waals surface area contributed by atoms with Crippen LogP contribution < -0.4 is 10.5 Å². The number of carbonyl (C=O) groups excluding carboxylic acids is 1. The summed E-state index contributed by atoms with van der Waals surface area (Å²) in [6.45, 7) is 1.82. The molecule has 7 nitrogen and oxygen atoms in total. The highest BCUT2D eigenvalue weighted by molar-refractivity contribution is 7.91. The largest absolute Gasteiger partial charge is 0.328 e. The smallest absolute Gasteiger partial charge is 0.238 e. The molecule has 0 spiro atoms. The van der Waals surface area contributed by atoms with Gasteiger partial charge in [0, 0.05) is 0 Å². The minimum atomic E-state index is -4.03. The number of benzene rings is 2. The summed E-state index contributed by atoms with van der Waals surface area (Å²) < 4.78 is 48.1. The number of primary sulfonamides is 1. The Morgan fingerprint density at radius 3 is 2.04 bits per heavy atom. The second-order valence-corrected chi connectivity index (χ2v) is 8.26. The molecule has 3 N–H and O–H groups in total. The van der Waals surface area contributed by atoms with Crippen LogP contribution in [0.3, 0.4) is 0 Å². The van der Waals surface area contributed by atoms with Crippen molar-refractivity contribution in [2.45, 2.75) is 21.6 Å². The fraction of sp³-hybridized carbons (Fsp3) is 0.0714. The van der Waals surface area contributed by atoms with Crippen LogP contribution in [0.1, 0.15) is 5.56 Å². The zero-order valence-corrected chi connectivity index (χ0v) is 13.7. The zero-order valence-electron chi connectivity index (χ0n) is 12.1. The van der Waals surface area contributed by atoms with Crippen molar-refractivity contribution in [3.05, 3.63) is 48.0 Å². The van der Waals surface area contributed by atoms with Crippen molar-refractivity contribution in [1.29, 1.82) is 0 Å². The minimum Gasteiger partial charge on any atom is -0.328 e. The van der Waals surface area contributed by atoms with Crippen molar-refractivity contribution in [3.63, 3.8) is 0 Å². The normalized spacial score (nSPS) is 11.9. The van der Waals surface area contributed by atoms with E-state index >= 15 is 0 Å². The Balaban J connectivity index is 2.66. The lowest BCUT2D eigenvalue weighted by atomic mass is 10.2. The number of carbonyl (C=O) groups is 1. The molecule has 0 radical (unpaired) electrons. The molecule has 0 aliphatic rings. The van der Waals surface area contributed by atoms with Crippen LogP contribution in [0.15, 0.2) is 57.2 Å². The first-order chi connectivity index (χ1) is 10.7. The number of amides is 1. The molecule has 0 aliphatic carbocycles. The lowest BCUT2D eigenvalue weighted by Gasteiger charge is -2.11. The van der Waals surface area contributed by atoms with Gasteiger partial charge in [0.2, 0.25) is 26.3 Å². The molecule has 122 valence electrons. The topological polar surface area (TPSA) is 123 Å². The fourth-order valence-electron chi connectivity index (χ4n) is 1.94. The summed E-state index contributed by atoms with van der Waals surface area (Å²) in [5.41, 5.74) is 0.729. The molecule has 9 heteroatoms. The molecule has 0 aliphatic heterocycles. The Hall–Kier alpha value is -2.23. The summed E-state index contributed by atoms with van der Waals surface area (Å²) in [4.78, 5) is 10.2. The van der Waals surface area contributed by atoms with E-state index in [1.807, 2.05) is 6.92 Å². The maximum Gasteiger partial charge on any atom is 0.238 e. The van der Waals surface area contributed by atoms with E-state index in [0.29, 0.717) is 0 Å². The molecule has 0 bridgehead atoms. The zero-order chi connectivity index (χ0) is 17.3. The van der Waals surface area contributed by atoms with Gasteiger partial charge in [-0.15, -0.1) is 0 Å². The molecule has 2 aromatic carbocycles. The highest BCUT2D eigenvalue weighted by Crippen LogP contribution is 2.29. The Morgan fingerprint density at radius 2 is 1.52 bits per heavy atom. The Labute approximate surface area is 134 Å². The molecular formula is C14H14N2O5S2. The van der Waals surface area contributed by atoms with Crippen molar-refractivity contribution in [3.8, 4) is 0 Å². The molecule has 0 saturated heterocycles. The standard InChI is InChI=1S/C14H14N2O5S2/c1-10-2-4-11(5-3-10)22(18,19)14-7-6-12(23(15,20)21)8-13(14)16-9-17/h2-9H,1H3,(H,16,17)(H2,15,20,21). The van der Waals surface area contributed by atoms with Crippen LogP contribution in [0.2, 0.25) is 0 Å². The minimum absolute atomic E-state index is 0.0282. The van der Waals surface area contributed by atoms with E-state index in [4.69, 9.17) is 5.14 Å². The maximum absolute atomic E-state index is 12.7. The van der Waals surface area contributed by atoms with Gasteiger partial charge in [0.1, 0.15) is 0 Å². The summed E-state index contributed by atoms with van der Waals surface area (Å²) in [6.07, 6.45) is 0.260. The van der Waals surface area contributed by atoms with Crippen LogP contribution in [0.25, 0.3) is 0 Å². The number of rotatable bonds is 5. The van der Waals surface area contributed by atoms with Gasteiger partial charge in [0.15, 0.2) is 0 Å². The van der Waals surface area contributed by atoms with Crippen molar-refractivity contribution >= 4 is 32.0 Å². The van der Waals surface area contributed by atoms with Gasteiger partial charge in [-0.2, -0.15) is 0 Å². The Bertz CT molecular complexity index is 949. The average molecular weight is 354 g/mol. The monoisotopic (exact) mass is 354 g/mol. The van der Waals surface area contributed by atoms with Crippen LogP contribution >= 0.6 is 0 Å². The van der Waals surface area contributed by atoms with E-state index < -0.39 is 19.9 Å². The fourth-order valence-corrected chi connectivity index (χ4v) is 3.88. The summed E-state index contributed by atoms with van der Waals surface area (Å²) >= 11 is 0. The molecule has 23 heavy (non-hydrogen) atoms. The molecule has 2 rings (SSSR count). The lowest BCUT2D eigenvalue weighted by Crippen LogP contribution is -2.14. The third-order valence-electron chi connectivity index (χ3n) is 3.11. The molecule has 0 heterocycles. The van der Waals surface area contributed by atoms with E-state index in [2.05, 4.69) is 5.32 Å². The predicted octanol–water partition coefficient (Wildman–Crippen LogP) is 1.04. The molecule has 0 saturated carbocycles. The van der Waals surface area contributed by atoms with Crippen LogP contribution in [-0.4, -0.2) is 23.2 Å². The van der Waals surface area contributed by atoms with Crippen molar-refractivity contribution < 1.29 is 21.6 Å². The second-order valence-electron chi connectivity index (χ2n) is 4.78. The van der Waals surface area contributed by atoms with E-state index in [9.17, 15) is 21.6 Å². The third kappa shape index (κ3) is 3.58. The van der Waals surface area contributed by atoms with E-state index in [-0.39, 0.29) is 26.8 Å². The van der Waals surface area contributed by atoms with Gasteiger partial charge in [0.05, 0.1) is 20.4 Å². The number of sulfone groups is 1. The molecule has 0 unspecified atom stereocenters. The first-order valence-corrected chi connectivity index (χ1v) is 9.38. The average Bonchev–Trinajstić information content (AvgIpc) is 2.47. The summed E-state index contributed by atoms with van der Waals surface area (Å²) in [7, 11) is -7.95. The predicted molar refractivity (Wildman–Crippen MR) is 84.1 cm³/mol. The number of nitrogens with one attached hydrogen (secondary N) is 1. The highest BCUT2D eigenvalue weighted by atomic mass is 32.2. The molecule has 1 amide bonds. The number of aryl methyl sites for hydroxylation is 1. The first kappa shape index (κ1) is 17.1. The van der Waals surface area contributed by atoms with Gasteiger partial charge < -0.3 is 5.32 Å². The Morgan fingerprint density at radius 1 is 0.957 bits per heavy atom. The molecule has 0 fully saturated rings. The van der Waals surface area contributed by atoms with E-state index in [1.54, 1.807) is 12.1 Å². The summed E-state index contributed by atoms with van der Waals surface area (Å²) in [5.74, 6) is 0. The van der Waals surface area contributed by atoms with Crippen molar-refractivity contribution in [1.82, 2.24) is 0 Å². The first-order valence-electron chi connectivity index (χ1n) is 6.35. The number of sulfonamides is 1. The van der Waals surface area contributed by atoms with Crippen molar-refractivity contribution in [2.24, 2.45) is 5.14 Å². The van der Waals surface area contributed by atoms with Crippen LogP contribution in [-0.2, 0) is 24.7 Å². The van der Waals surface area contributed by atoms with E-state index in [0.717, 1.165) is 23.8 Å². The molecule has 0 aromatic heterocycles. The Kier molecular flexibility index (Phi) is 4.55. The molecular weight excluding hydrogens is 340 g/mol. The van der Waals surface area contributed by atoms with Crippen LogP contribution in [0, 0.1) is 6.92 Å². The SMILES string of the molecule is Cc1ccc(S(=O)(=O)c2ccc(S(N)(=O)=O)cc2NC=O)cc1. The van der Waals surface area contributed by atoms with Gasteiger partial charge in [-0.05, 0) is 37.3 Å².